The highest BCUT2D eigenvalue weighted by Crippen LogP contribution is 2.07. The highest BCUT2D eigenvalue weighted by atomic mass is 127. The number of hydrogen-bond donors (Lipinski definition) is 2. The Bertz CT molecular complexity index is 599. The smallest absolute Gasteiger partial charge is 0.210 e. The minimum Gasteiger partial charge on any atom is -0.364 e. The van der Waals surface area contributed by atoms with Crippen LogP contribution in [-0.2, 0) is 16.6 Å². The number of primary sulfonamides is 1. The number of guanidine groups is 1. The quantitative estimate of drug-likeness (QED) is 0.331. The topological polar surface area (TPSA) is 117 Å². The van der Waals surface area contributed by atoms with Gasteiger partial charge in [0.05, 0.1) is 18.0 Å². The number of aliphatic imine (C=N–C) groups is 1. The van der Waals surface area contributed by atoms with E-state index < -0.39 is 10.0 Å². The van der Waals surface area contributed by atoms with Crippen molar-refractivity contribution in [3.63, 3.8) is 0 Å². The first kappa shape index (κ1) is 21.1. The molecule has 0 aromatic carbocycles. The van der Waals surface area contributed by atoms with Gasteiger partial charge >= 0.3 is 0 Å². The summed E-state index contributed by atoms with van der Waals surface area (Å²) in [5.74, 6) is 0.589. The zero-order valence-electron chi connectivity index (χ0n) is 13.7. The van der Waals surface area contributed by atoms with Crippen LogP contribution in [0.3, 0.4) is 0 Å². The maximum absolute atomic E-state index is 11.0. The molecule has 2 rings (SSSR count). The third-order valence-corrected chi connectivity index (χ3v) is 4.27. The molecule has 0 unspecified atom stereocenters. The first-order valence-corrected chi connectivity index (χ1v) is 9.35. The number of halogens is 1. The molecule has 138 valence electrons. The third kappa shape index (κ3) is 7.32. The van der Waals surface area contributed by atoms with Gasteiger partial charge in [-0.1, -0.05) is 5.16 Å². The van der Waals surface area contributed by atoms with Crippen molar-refractivity contribution in [2.75, 3.05) is 45.0 Å². The number of aromatic nitrogens is 1. The predicted octanol–water partition coefficient (Wildman–Crippen LogP) is -0.336. The standard InChI is InChI=1S/C13H24N6O3S.HI/c1-2-15-13(16-4-10-23(14,20)21)19-7-5-18(6-8-19)11-12-3-9-22-17-12;/h3,9H,2,4-8,10-11H2,1H3,(H,15,16)(H2,14,20,21);1H. The Morgan fingerprint density at radius 2 is 2.12 bits per heavy atom. The van der Waals surface area contributed by atoms with Crippen molar-refractivity contribution in [1.82, 2.24) is 20.3 Å². The Morgan fingerprint density at radius 1 is 1.42 bits per heavy atom. The molecule has 0 spiro atoms. The molecule has 0 saturated carbocycles. The lowest BCUT2D eigenvalue weighted by molar-refractivity contribution is 0.169. The van der Waals surface area contributed by atoms with Gasteiger partial charge in [-0.15, -0.1) is 24.0 Å². The monoisotopic (exact) mass is 472 g/mol. The van der Waals surface area contributed by atoms with E-state index in [1.807, 2.05) is 13.0 Å². The summed E-state index contributed by atoms with van der Waals surface area (Å²) in [5, 5.41) is 12.1. The lowest BCUT2D eigenvalue weighted by Gasteiger charge is -2.36. The molecule has 0 bridgehead atoms. The second kappa shape index (κ2) is 10.2. The fraction of sp³-hybridized carbons (Fsp3) is 0.692. The summed E-state index contributed by atoms with van der Waals surface area (Å²) in [6.45, 7) is 7.05. The molecule has 1 aliphatic rings. The molecular formula is C13H25IN6O3S. The zero-order chi connectivity index (χ0) is 16.7. The molecule has 0 radical (unpaired) electrons. The average Bonchev–Trinajstić information content (AvgIpc) is 2.99. The SMILES string of the molecule is CCNC(=NCCS(N)(=O)=O)N1CCN(Cc2ccon2)CC1.I. The van der Waals surface area contributed by atoms with E-state index in [1.54, 1.807) is 6.26 Å². The lowest BCUT2D eigenvalue weighted by Crippen LogP contribution is -2.52. The fourth-order valence-corrected chi connectivity index (χ4v) is 2.72. The zero-order valence-corrected chi connectivity index (χ0v) is 16.9. The Hall–Kier alpha value is -0.920. The van der Waals surface area contributed by atoms with Gasteiger partial charge < -0.3 is 14.7 Å². The Labute approximate surface area is 159 Å². The van der Waals surface area contributed by atoms with Crippen molar-refractivity contribution in [3.05, 3.63) is 18.0 Å². The largest absolute Gasteiger partial charge is 0.364 e. The summed E-state index contributed by atoms with van der Waals surface area (Å²) in [6.07, 6.45) is 1.58. The van der Waals surface area contributed by atoms with Crippen LogP contribution < -0.4 is 10.5 Å². The van der Waals surface area contributed by atoms with Crippen molar-refractivity contribution in [2.45, 2.75) is 13.5 Å². The molecule has 1 fully saturated rings. The normalized spacial score (nSPS) is 16.8. The van der Waals surface area contributed by atoms with Gasteiger partial charge in [-0.2, -0.15) is 0 Å². The highest BCUT2D eigenvalue weighted by molar-refractivity contribution is 14.0. The first-order valence-electron chi connectivity index (χ1n) is 7.63. The van der Waals surface area contributed by atoms with E-state index in [0.29, 0.717) is 0 Å². The number of sulfonamides is 1. The number of nitrogens with two attached hydrogens (primary N) is 1. The van der Waals surface area contributed by atoms with E-state index in [2.05, 4.69) is 25.3 Å². The predicted molar refractivity (Wildman–Crippen MR) is 103 cm³/mol. The van der Waals surface area contributed by atoms with Gasteiger partial charge in [-0.25, -0.2) is 13.6 Å². The molecule has 0 amide bonds. The van der Waals surface area contributed by atoms with Crippen LogP contribution in [0.5, 0.6) is 0 Å². The molecule has 0 atom stereocenters. The number of hydrogen-bond acceptors (Lipinski definition) is 6. The minimum atomic E-state index is -3.48. The molecule has 9 nitrogen and oxygen atoms in total. The summed E-state index contributed by atoms with van der Waals surface area (Å²) in [7, 11) is -3.48. The maximum Gasteiger partial charge on any atom is 0.210 e. The number of rotatable bonds is 6. The molecule has 1 aromatic rings. The number of nitrogens with one attached hydrogen (secondary N) is 1. The van der Waals surface area contributed by atoms with Gasteiger partial charge in [0.1, 0.15) is 6.26 Å². The molecule has 1 aromatic heterocycles. The molecule has 1 aliphatic heterocycles. The molecule has 11 heteroatoms. The van der Waals surface area contributed by atoms with Crippen LogP contribution in [0, 0.1) is 0 Å². The fourth-order valence-electron chi connectivity index (χ4n) is 2.37. The first-order chi connectivity index (χ1) is 11.0. The van der Waals surface area contributed by atoms with Crippen LogP contribution in [0.15, 0.2) is 21.8 Å². The lowest BCUT2D eigenvalue weighted by atomic mass is 10.3. The third-order valence-electron chi connectivity index (χ3n) is 3.52. The van der Waals surface area contributed by atoms with E-state index in [1.165, 1.54) is 0 Å². The van der Waals surface area contributed by atoms with Crippen molar-refractivity contribution in [1.29, 1.82) is 0 Å². The van der Waals surface area contributed by atoms with Gasteiger partial charge in [0.15, 0.2) is 5.96 Å². The van der Waals surface area contributed by atoms with Crippen molar-refractivity contribution in [2.24, 2.45) is 10.1 Å². The number of piperazine rings is 1. The van der Waals surface area contributed by atoms with Crippen LogP contribution in [0.4, 0.5) is 0 Å². The van der Waals surface area contributed by atoms with Crippen LogP contribution in [0.1, 0.15) is 12.6 Å². The van der Waals surface area contributed by atoms with Crippen LogP contribution >= 0.6 is 24.0 Å². The van der Waals surface area contributed by atoms with E-state index in [0.717, 1.165) is 50.9 Å². The van der Waals surface area contributed by atoms with E-state index in [-0.39, 0.29) is 36.3 Å². The van der Waals surface area contributed by atoms with Crippen molar-refractivity contribution < 1.29 is 12.9 Å². The summed E-state index contributed by atoms with van der Waals surface area (Å²) in [6, 6.07) is 1.87. The van der Waals surface area contributed by atoms with Crippen molar-refractivity contribution >= 4 is 40.0 Å². The minimum absolute atomic E-state index is 0. The van der Waals surface area contributed by atoms with Gasteiger partial charge in [0, 0.05) is 45.3 Å². The molecule has 0 aliphatic carbocycles. The summed E-state index contributed by atoms with van der Waals surface area (Å²) in [4.78, 5) is 8.77. The van der Waals surface area contributed by atoms with Gasteiger partial charge in [-0.3, -0.25) is 9.89 Å². The summed E-state index contributed by atoms with van der Waals surface area (Å²) >= 11 is 0. The van der Waals surface area contributed by atoms with Gasteiger partial charge in [0.2, 0.25) is 10.0 Å². The van der Waals surface area contributed by atoms with E-state index in [4.69, 9.17) is 9.66 Å². The summed E-state index contributed by atoms with van der Waals surface area (Å²) < 4.78 is 26.8. The Balaban J connectivity index is 0.00000288. The van der Waals surface area contributed by atoms with E-state index in [9.17, 15) is 8.42 Å². The molecule has 1 saturated heterocycles. The second-order valence-electron chi connectivity index (χ2n) is 5.36. The number of nitrogens with zero attached hydrogens (tertiary/aromatic N) is 4. The van der Waals surface area contributed by atoms with Crippen LogP contribution in [0.2, 0.25) is 0 Å². The summed E-state index contributed by atoms with van der Waals surface area (Å²) in [5.41, 5.74) is 0.923. The molecular weight excluding hydrogens is 447 g/mol. The van der Waals surface area contributed by atoms with Gasteiger partial charge in [0.25, 0.3) is 0 Å². The van der Waals surface area contributed by atoms with Crippen LogP contribution in [0.25, 0.3) is 0 Å². The molecule has 3 N–H and O–H groups in total. The highest BCUT2D eigenvalue weighted by Gasteiger charge is 2.20. The van der Waals surface area contributed by atoms with Crippen LogP contribution in [-0.4, -0.2) is 74.4 Å². The molecule has 2 heterocycles. The van der Waals surface area contributed by atoms with Crippen molar-refractivity contribution in [3.8, 4) is 0 Å². The average molecular weight is 472 g/mol. The Kier molecular flexibility index (Phi) is 8.94. The second-order valence-corrected chi connectivity index (χ2v) is 7.09. The Morgan fingerprint density at radius 3 is 2.67 bits per heavy atom. The van der Waals surface area contributed by atoms with Gasteiger partial charge in [-0.05, 0) is 6.92 Å². The molecule has 24 heavy (non-hydrogen) atoms. The maximum atomic E-state index is 11.0. The van der Waals surface area contributed by atoms with E-state index >= 15 is 0 Å².